The molecule has 0 heterocycles. The van der Waals surface area contributed by atoms with Crippen LogP contribution in [0, 0.1) is 0 Å². The van der Waals surface area contributed by atoms with Crippen molar-refractivity contribution in [1.29, 1.82) is 0 Å². The maximum absolute atomic E-state index is 12.4. The fourth-order valence-electron chi connectivity index (χ4n) is 6.89. The van der Waals surface area contributed by atoms with Crippen molar-refractivity contribution in [2.75, 3.05) is 6.61 Å². The SMILES string of the molecule is CCCCCCCCCCCCCCCCCCC[C@H](O)[C@H](O)[C@H](O)[C@H](CO)NC(=O)CCCCCCCCCCCCCCCCC. The quantitative estimate of drug-likeness (QED) is 0.0414. The third-order valence-electron chi connectivity index (χ3n) is 10.3. The molecule has 0 aliphatic carbocycles. The lowest BCUT2D eigenvalue weighted by molar-refractivity contribution is -0.126. The van der Waals surface area contributed by atoms with E-state index in [1.165, 1.54) is 167 Å². The average Bonchev–Trinajstić information content (AvgIpc) is 3.09. The van der Waals surface area contributed by atoms with Gasteiger partial charge in [0.05, 0.1) is 18.8 Å². The second-order valence-electron chi connectivity index (χ2n) is 15.1. The number of carbonyl (C=O) groups excluding carboxylic acids is 1. The van der Waals surface area contributed by atoms with E-state index in [-0.39, 0.29) is 5.91 Å². The van der Waals surface area contributed by atoms with Gasteiger partial charge in [0, 0.05) is 6.42 Å². The molecular formula is C42H85NO5. The summed E-state index contributed by atoms with van der Waals surface area (Å²) in [5.41, 5.74) is 0. The molecule has 0 spiro atoms. The highest BCUT2D eigenvalue weighted by atomic mass is 16.4. The Labute approximate surface area is 299 Å². The lowest BCUT2D eigenvalue weighted by Gasteiger charge is -2.29. The Hall–Kier alpha value is -0.690. The molecule has 0 aromatic rings. The van der Waals surface area contributed by atoms with E-state index in [0.29, 0.717) is 12.8 Å². The maximum Gasteiger partial charge on any atom is 0.220 e. The first-order chi connectivity index (χ1) is 23.5. The van der Waals surface area contributed by atoms with Gasteiger partial charge in [-0.25, -0.2) is 0 Å². The van der Waals surface area contributed by atoms with E-state index < -0.39 is 31.0 Å². The number of unbranched alkanes of at least 4 members (excludes halogenated alkanes) is 30. The van der Waals surface area contributed by atoms with Crippen LogP contribution in [0.4, 0.5) is 0 Å². The zero-order valence-corrected chi connectivity index (χ0v) is 32.3. The lowest BCUT2D eigenvalue weighted by Crippen LogP contribution is -2.53. The molecule has 0 saturated carbocycles. The Bertz CT molecular complexity index is 648. The van der Waals surface area contributed by atoms with Gasteiger partial charge < -0.3 is 25.7 Å². The van der Waals surface area contributed by atoms with Crippen molar-refractivity contribution < 1.29 is 25.2 Å². The van der Waals surface area contributed by atoms with Crippen molar-refractivity contribution in [3.05, 3.63) is 0 Å². The molecule has 0 saturated heterocycles. The molecule has 0 aromatic carbocycles. The van der Waals surface area contributed by atoms with Gasteiger partial charge in [-0.3, -0.25) is 4.79 Å². The molecule has 0 unspecified atom stereocenters. The zero-order chi connectivity index (χ0) is 35.3. The van der Waals surface area contributed by atoms with Crippen LogP contribution < -0.4 is 5.32 Å². The van der Waals surface area contributed by atoms with Crippen LogP contribution >= 0.6 is 0 Å². The van der Waals surface area contributed by atoms with Crippen LogP contribution in [0.15, 0.2) is 0 Å². The number of rotatable bonds is 39. The third-order valence-corrected chi connectivity index (χ3v) is 10.3. The molecule has 0 bridgehead atoms. The highest BCUT2D eigenvalue weighted by molar-refractivity contribution is 5.76. The van der Waals surface area contributed by atoms with E-state index in [1.54, 1.807) is 0 Å². The van der Waals surface area contributed by atoms with E-state index >= 15 is 0 Å². The fraction of sp³-hybridized carbons (Fsp3) is 0.976. The average molecular weight is 684 g/mol. The lowest BCUT2D eigenvalue weighted by atomic mass is 9.96. The first-order valence-electron chi connectivity index (χ1n) is 21.4. The minimum absolute atomic E-state index is 0.224. The summed E-state index contributed by atoms with van der Waals surface area (Å²) in [6.45, 7) is 4.06. The summed E-state index contributed by atoms with van der Waals surface area (Å²) in [6, 6.07) is -0.978. The van der Waals surface area contributed by atoms with E-state index in [1.807, 2.05) is 0 Å². The van der Waals surface area contributed by atoms with Crippen molar-refractivity contribution >= 4 is 5.91 Å². The van der Waals surface area contributed by atoms with Gasteiger partial charge >= 0.3 is 0 Å². The summed E-state index contributed by atoms with van der Waals surface area (Å²) in [7, 11) is 0. The molecule has 4 atom stereocenters. The molecule has 6 nitrogen and oxygen atoms in total. The molecule has 288 valence electrons. The van der Waals surface area contributed by atoms with Gasteiger partial charge in [-0.2, -0.15) is 0 Å². The predicted molar refractivity (Wildman–Crippen MR) is 205 cm³/mol. The summed E-state index contributed by atoms with van der Waals surface area (Å²) >= 11 is 0. The van der Waals surface area contributed by atoms with E-state index in [2.05, 4.69) is 19.2 Å². The van der Waals surface area contributed by atoms with E-state index in [0.717, 1.165) is 38.5 Å². The number of amides is 1. The fourth-order valence-corrected chi connectivity index (χ4v) is 6.89. The first-order valence-corrected chi connectivity index (χ1v) is 21.4. The number of hydrogen-bond donors (Lipinski definition) is 5. The molecule has 0 aliphatic rings. The van der Waals surface area contributed by atoms with E-state index in [4.69, 9.17) is 0 Å². The molecule has 0 aromatic heterocycles. The largest absolute Gasteiger partial charge is 0.394 e. The molecule has 0 aliphatic heterocycles. The zero-order valence-electron chi connectivity index (χ0n) is 32.3. The number of hydrogen-bond acceptors (Lipinski definition) is 5. The molecule has 0 fully saturated rings. The van der Waals surface area contributed by atoms with Gasteiger partial charge in [-0.1, -0.05) is 213 Å². The Balaban J connectivity index is 3.72. The van der Waals surface area contributed by atoms with Crippen LogP contribution in [0.1, 0.15) is 232 Å². The van der Waals surface area contributed by atoms with Crippen LogP contribution in [0.5, 0.6) is 0 Å². The minimum atomic E-state index is -1.40. The molecule has 48 heavy (non-hydrogen) atoms. The molecule has 6 heteroatoms. The molecule has 1 amide bonds. The number of aliphatic hydroxyl groups is 4. The first kappa shape index (κ1) is 47.3. The Morgan fingerprint density at radius 3 is 1.04 bits per heavy atom. The van der Waals surface area contributed by atoms with Crippen LogP contribution in [-0.4, -0.2) is 57.3 Å². The highest BCUT2D eigenvalue weighted by Crippen LogP contribution is 2.17. The summed E-state index contributed by atoms with van der Waals surface area (Å²) in [5, 5.41) is 43.9. The number of aliphatic hydroxyl groups excluding tert-OH is 4. The second-order valence-corrected chi connectivity index (χ2v) is 15.1. The third kappa shape index (κ3) is 31.3. The van der Waals surface area contributed by atoms with Crippen LogP contribution in [0.2, 0.25) is 0 Å². The van der Waals surface area contributed by atoms with Crippen molar-refractivity contribution in [3.63, 3.8) is 0 Å². The molecule has 5 N–H and O–H groups in total. The van der Waals surface area contributed by atoms with Gasteiger partial charge in [0.15, 0.2) is 0 Å². The van der Waals surface area contributed by atoms with Crippen LogP contribution in [0.3, 0.4) is 0 Å². The minimum Gasteiger partial charge on any atom is -0.394 e. The van der Waals surface area contributed by atoms with Gasteiger partial charge in [-0.05, 0) is 12.8 Å². The van der Waals surface area contributed by atoms with Crippen LogP contribution in [0.25, 0.3) is 0 Å². The summed E-state index contributed by atoms with van der Waals surface area (Å²) in [4.78, 5) is 12.4. The van der Waals surface area contributed by atoms with Gasteiger partial charge in [0.1, 0.15) is 12.2 Å². The number of nitrogens with one attached hydrogen (secondary N) is 1. The summed E-state index contributed by atoms with van der Waals surface area (Å²) in [5.74, 6) is -0.224. The highest BCUT2D eigenvalue weighted by Gasteiger charge is 2.31. The normalized spacial score (nSPS) is 14.2. The topological polar surface area (TPSA) is 110 Å². The summed E-state index contributed by atoms with van der Waals surface area (Å²) in [6.07, 6.45) is 37.8. The Kier molecular flexibility index (Phi) is 37.0. The number of carbonyl (C=O) groups is 1. The predicted octanol–water partition coefficient (Wildman–Crippen LogP) is 10.8. The van der Waals surface area contributed by atoms with Crippen molar-refractivity contribution in [1.82, 2.24) is 5.32 Å². The van der Waals surface area contributed by atoms with Gasteiger partial charge in [0.2, 0.25) is 5.91 Å². The van der Waals surface area contributed by atoms with Crippen molar-refractivity contribution in [2.45, 2.75) is 257 Å². The molecule has 0 rings (SSSR count). The van der Waals surface area contributed by atoms with Crippen molar-refractivity contribution in [3.8, 4) is 0 Å². The monoisotopic (exact) mass is 684 g/mol. The molecule has 0 radical (unpaired) electrons. The Morgan fingerprint density at radius 2 is 0.729 bits per heavy atom. The maximum atomic E-state index is 12.4. The standard InChI is InChI=1S/C42H85NO5/c1-3-5-7-9-11-13-15-17-19-20-22-23-25-27-29-31-33-35-39(45)42(48)41(47)38(37-44)43-40(46)36-34-32-30-28-26-24-21-18-16-14-12-10-8-6-4-2/h38-39,41-42,44-45,47-48H,3-37H2,1-2H3,(H,43,46)/t38-,39-,41+,42-/m0/s1. The second kappa shape index (κ2) is 37.6. The van der Waals surface area contributed by atoms with Gasteiger partial charge in [0.25, 0.3) is 0 Å². The van der Waals surface area contributed by atoms with Gasteiger partial charge in [-0.15, -0.1) is 0 Å². The van der Waals surface area contributed by atoms with E-state index in [9.17, 15) is 25.2 Å². The van der Waals surface area contributed by atoms with Crippen molar-refractivity contribution in [2.24, 2.45) is 0 Å². The molecular weight excluding hydrogens is 598 g/mol. The summed E-state index contributed by atoms with van der Waals surface area (Å²) < 4.78 is 0. The smallest absolute Gasteiger partial charge is 0.220 e. The van der Waals surface area contributed by atoms with Crippen LogP contribution in [-0.2, 0) is 4.79 Å². The Morgan fingerprint density at radius 1 is 0.438 bits per heavy atom.